The number of methoxy groups -OCH3 is 1. The maximum Gasteiger partial charge on any atom is 0.320 e. The third-order valence-corrected chi connectivity index (χ3v) is 9.05. The lowest BCUT2D eigenvalue weighted by atomic mass is 9.68. The minimum atomic E-state index is -0.101. The van der Waals surface area contributed by atoms with Crippen LogP contribution in [0.4, 0.5) is 4.79 Å². The summed E-state index contributed by atoms with van der Waals surface area (Å²) in [6.45, 7) is 3.92. The molecule has 36 heavy (non-hydrogen) atoms. The van der Waals surface area contributed by atoms with Crippen LogP contribution in [0, 0.1) is 5.92 Å². The second kappa shape index (κ2) is 10.4. The first kappa shape index (κ1) is 25.1. The molecular formula is C30H41N3O3. The lowest BCUT2D eigenvalue weighted by Gasteiger charge is -2.51. The molecule has 0 radical (unpaired) electrons. The summed E-state index contributed by atoms with van der Waals surface area (Å²) < 4.78 is 10.9. The smallest absolute Gasteiger partial charge is 0.320 e. The van der Waals surface area contributed by atoms with Gasteiger partial charge in [-0.15, -0.1) is 0 Å². The molecule has 0 unspecified atom stereocenters. The fourth-order valence-corrected chi connectivity index (χ4v) is 6.72. The average Bonchev–Trinajstić information content (AvgIpc) is 3.16. The number of ether oxygens (including phenoxy) is 2. The predicted octanol–water partition coefficient (Wildman–Crippen LogP) is 5.13. The van der Waals surface area contributed by atoms with Crippen molar-refractivity contribution >= 4 is 6.03 Å². The highest BCUT2D eigenvalue weighted by Crippen LogP contribution is 2.49. The molecule has 2 aromatic rings. The molecule has 6 nitrogen and oxygen atoms in total. The minimum Gasteiger partial charge on any atom is -0.497 e. The number of benzene rings is 2. The van der Waals surface area contributed by atoms with E-state index in [1.807, 2.05) is 12.1 Å². The Hall–Kier alpha value is -2.57. The van der Waals surface area contributed by atoms with Crippen LogP contribution in [0.1, 0.15) is 49.7 Å². The molecule has 1 aliphatic carbocycles. The van der Waals surface area contributed by atoms with Crippen molar-refractivity contribution in [2.75, 3.05) is 47.5 Å². The van der Waals surface area contributed by atoms with Crippen molar-refractivity contribution in [3.05, 3.63) is 65.7 Å². The van der Waals surface area contributed by atoms with E-state index in [2.05, 4.69) is 71.3 Å². The lowest BCUT2D eigenvalue weighted by Crippen LogP contribution is -2.56. The second-order valence-corrected chi connectivity index (χ2v) is 11.2. The van der Waals surface area contributed by atoms with E-state index in [0.29, 0.717) is 12.5 Å². The van der Waals surface area contributed by atoms with Gasteiger partial charge in [0, 0.05) is 38.4 Å². The van der Waals surface area contributed by atoms with Gasteiger partial charge < -0.3 is 19.3 Å². The number of carbonyl (C=O) groups excluding carboxylic acids is 1. The molecule has 2 heterocycles. The number of hydrogen-bond acceptors (Lipinski definition) is 4. The van der Waals surface area contributed by atoms with Crippen LogP contribution < -0.4 is 4.74 Å². The molecule has 1 saturated carbocycles. The first-order chi connectivity index (χ1) is 17.5. The van der Waals surface area contributed by atoms with Crippen LogP contribution in [0.2, 0.25) is 0 Å². The molecule has 0 bridgehead atoms. The Bertz CT molecular complexity index is 1010. The number of carbonyl (C=O) groups is 1. The van der Waals surface area contributed by atoms with Crippen LogP contribution in [0.3, 0.4) is 0 Å². The van der Waals surface area contributed by atoms with Crippen molar-refractivity contribution < 1.29 is 14.3 Å². The highest BCUT2D eigenvalue weighted by molar-refractivity contribution is 5.78. The normalized spacial score (nSPS) is 27.3. The number of hydrogen-bond donors (Lipinski definition) is 0. The molecular weight excluding hydrogens is 450 g/mol. The van der Waals surface area contributed by atoms with Gasteiger partial charge in [0.05, 0.1) is 12.6 Å². The van der Waals surface area contributed by atoms with Gasteiger partial charge in [-0.3, -0.25) is 4.90 Å². The van der Waals surface area contributed by atoms with Gasteiger partial charge in [-0.2, -0.15) is 0 Å². The Kier molecular flexibility index (Phi) is 7.27. The fourth-order valence-electron chi connectivity index (χ4n) is 6.72. The Labute approximate surface area is 216 Å². The molecule has 5 rings (SSSR count). The quantitative estimate of drug-likeness (QED) is 0.539. The van der Waals surface area contributed by atoms with E-state index < -0.39 is 0 Å². The summed E-state index contributed by atoms with van der Waals surface area (Å²) in [5.74, 6) is 1.37. The summed E-state index contributed by atoms with van der Waals surface area (Å²) in [5.41, 5.74) is 2.45. The van der Waals surface area contributed by atoms with Crippen molar-refractivity contribution in [2.45, 2.75) is 56.1 Å². The van der Waals surface area contributed by atoms with E-state index >= 15 is 0 Å². The first-order valence-electron chi connectivity index (χ1n) is 13.5. The molecule has 2 aliphatic heterocycles. The third-order valence-electron chi connectivity index (χ3n) is 9.05. The molecule has 0 N–H and O–H groups in total. The topological polar surface area (TPSA) is 45.2 Å². The maximum atomic E-state index is 13.9. The van der Waals surface area contributed by atoms with Crippen molar-refractivity contribution in [1.29, 1.82) is 0 Å². The van der Waals surface area contributed by atoms with Crippen molar-refractivity contribution in [3.8, 4) is 5.75 Å². The minimum absolute atomic E-state index is 0.0172. The van der Waals surface area contributed by atoms with E-state index in [4.69, 9.17) is 9.47 Å². The van der Waals surface area contributed by atoms with E-state index in [9.17, 15) is 4.79 Å². The van der Waals surface area contributed by atoms with Gasteiger partial charge in [0.15, 0.2) is 0 Å². The van der Waals surface area contributed by atoms with Gasteiger partial charge in [0.25, 0.3) is 0 Å². The average molecular weight is 492 g/mol. The van der Waals surface area contributed by atoms with Gasteiger partial charge in [-0.1, -0.05) is 42.5 Å². The van der Waals surface area contributed by atoms with Gasteiger partial charge in [0.1, 0.15) is 5.75 Å². The van der Waals surface area contributed by atoms with Gasteiger partial charge >= 0.3 is 6.03 Å². The van der Waals surface area contributed by atoms with Gasteiger partial charge in [-0.25, -0.2) is 4.79 Å². The van der Waals surface area contributed by atoms with Crippen LogP contribution in [-0.4, -0.2) is 73.8 Å². The molecule has 2 aromatic carbocycles. The maximum absolute atomic E-state index is 13.9. The van der Waals surface area contributed by atoms with E-state index in [1.54, 1.807) is 7.11 Å². The first-order valence-corrected chi connectivity index (χ1v) is 13.5. The number of rotatable bonds is 7. The fraction of sp³-hybridized carbons (Fsp3) is 0.567. The summed E-state index contributed by atoms with van der Waals surface area (Å²) in [5, 5.41) is 0. The largest absolute Gasteiger partial charge is 0.497 e. The second-order valence-electron chi connectivity index (χ2n) is 11.2. The summed E-state index contributed by atoms with van der Waals surface area (Å²) in [6, 6.07) is 19.3. The molecule has 2 amide bonds. The van der Waals surface area contributed by atoms with Crippen molar-refractivity contribution in [3.63, 3.8) is 0 Å². The number of amides is 2. The summed E-state index contributed by atoms with van der Waals surface area (Å²) in [4.78, 5) is 20.7. The molecule has 0 aromatic heterocycles. The van der Waals surface area contributed by atoms with Gasteiger partial charge in [-0.05, 0) is 81.8 Å². The zero-order valence-corrected chi connectivity index (χ0v) is 22.1. The van der Waals surface area contributed by atoms with Gasteiger partial charge in [0.2, 0.25) is 0 Å². The summed E-state index contributed by atoms with van der Waals surface area (Å²) in [6.07, 6.45) is 6.24. The Balaban J connectivity index is 1.39. The number of nitrogens with zero attached hydrogens (tertiary/aromatic N) is 3. The monoisotopic (exact) mass is 491 g/mol. The molecule has 0 atom stereocenters. The molecule has 2 saturated heterocycles. The molecule has 6 heteroatoms. The standard InChI is InChI=1S/C30H41N3O3/c1-31(2)30(26-7-5-4-6-8-26)17-15-29(16-18-30)23-32(21-24-9-11-27(35-3)12-10-24)28(34)33(29)22-25-13-19-36-20-14-25/h4-12,25H,13-23H2,1-3H3/t29-,30-. The third kappa shape index (κ3) is 4.73. The summed E-state index contributed by atoms with van der Waals surface area (Å²) in [7, 11) is 6.10. The van der Waals surface area contributed by atoms with E-state index in [-0.39, 0.29) is 17.1 Å². The van der Waals surface area contributed by atoms with Crippen LogP contribution in [-0.2, 0) is 16.8 Å². The lowest BCUT2D eigenvalue weighted by molar-refractivity contribution is 0.00708. The molecule has 1 spiro atoms. The van der Waals surface area contributed by atoms with E-state index in [0.717, 1.165) is 76.1 Å². The molecule has 3 fully saturated rings. The Morgan fingerprint density at radius 1 is 0.972 bits per heavy atom. The Morgan fingerprint density at radius 3 is 2.25 bits per heavy atom. The zero-order chi connectivity index (χ0) is 25.2. The molecule has 3 aliphatic rings. The summed E-state index contributed by atoms with van der Waals surface area (Å²) >= 11 is 0. The van der Waals surface area contributed by atoms with E-state index in [1.165, 1.54) is 5.56 Å². The highest BCUT2D eigenvalue weighted by Gasteiger charge is 2.54. The zero-order valence-electron chi connectivity index (χ0n) is 22.1. The number of urea groups is 1. The van der Waals surface area contributed by atoms with Crippen molar-refractivity contribution in [2.24, 2.45) is 5.92 Å². The molecule has 194 valence electrons. The van der Waals surface area contributed by atoms with Crippen molar-refractivity contribution in [1.82, 2.24) is 14.7 Å². The van der Waals surface area contributed by atoms with Crippen LogP contribution in [0.15, 0.2) is 54.6 Å². The highest BCUT2D eigenvalue weighted by atomic mass is 16.5. The predicted molar refractivity (Wildman–Crippen MR) is 142 cm³/mol. The van der Waals surface area contributed by atoms with Crippen LogP contribution in [0.5, 0.6) is 5.75 Å². The Morgan fingerprint density at radius 2 is 1.64 bits per heavy atom. The SMILES string of the molecule is COc1ccc(CN2C[C@]3(CC[C@@](c4ccccc4)(N(C)C)CC3)N(CC3CCOCC3)C2=O)cc1. The van der Waals surface area contributed by atoms with Crippen LogP contribution in [0.25, 0.3) is 0 Å². The van der Waals surface area contributed by atoms with Crippen LogP contribution >= 0.6 is 0 Å².